The molecule has 0 unspecified atom stereocenters. The molecule has 3 nitrogen and oxygen atoms in total. The maximum absolute atomic E-state index is 12.3. The van der Waals surface area contributed by atoms with Gasteiger partial charge in [-0.1, -0.05) is 0 Å². The first-order valence-electron chi connectivity index (χ1n) is 4.62. The van der Waals surface area contributed by atoms with Crippen LogP contribution in [-0.2, 0) is 0 Å². The smallest absolute Gasteiger partial charge is 0.255 e. The average Bonchev–Trinajstić information content (AvgIpc) is 2.28. The maximum Gasteiger partial charge on any atom is 0.255 e. The Kier molecular flexibility index (Phi) is 5.76. The quantitative estimate of drug-likeness (QED) is 0.450. The van der Waals surface area contributed by atoms with Crippen molar-refractivity contribution in [3.8, 4) is 0 Å². The van der Waals surface area contributed by atoms with E-state index in [-0.39, 0.29) is 12.4 Å². The van der Waals surface area contributed by atoms with Gasteiger partial charge in [0, 0.05) is 18.5 Å². The molecule has 0 fully saturated rings. The van der Waals surface area contributed by atoms with Crippen molar-refractivity contribution in [3.05, 3.63) is 12.4 Å². The fraction of sp³-hybridized carbons (Fsp3) is 0.556. The van der Waals surface area contributed by atoms with Crippen LogP contribution in [0.1, 0.15) is 0 Å². The molecule has 0 N–H and O–H groups in total. The third kappa shape index (κ3) is 4.09. The molecule has 0 atom stereocenters. The molecule has 0 saturated heterocycles. The molecule has 0 radical (unpaired) electrons. The minimum absolute atomic E-state index is 0.283. The van der Waals surface area contributed by atoms with Gasteiger partial charge < -0.3 is 4.90 Å². The Labute approximate surface area is 102 Å². The number of hydrogen-bond acceptors (Lipinski definition) is 4. The van der Waals surface area contributed by atoms with Crippen LogP contribution in [0.2, 0.25) is 0 Å². The van der Waals surface area contributed by atoms with Gasteiger partial charge in [-0.15, -0.1) is 23.4 Å². The third-order valence-corrected chi connectivity index (χ3v) is 2.68. The van der Waals surface area contributed by atoms with Crippen LogP contribution in [0.3, 0.4) is 0 Å². The summed E-state index contributed by atoms with van der Waals surface area (Å²) in [4.78, 5) is 9.41. The van der Waals surface area contributed by atoms with Crippen molar-refractivity contribution >= 4 is 29.2 Å². The van der Waals surface area contributed by atoms with Crippen molar-refractivity contribution < 1.29 is 8.78 Å². The Morgan fingerprint density at radius 1 is 1.50 bits per heavy atom. The number of aromatic nitrogens is 2. The van der Waals surface area contributed by atoms with Gasteiger partial charge >= 0.3 is 0 Å². The van der Waals surface area contributed by atoms with Crippen molar-refractivity contribution in [3.63, 3.8) is 0 Å². The number of rotatable bonds is 6. The first-order valence-corrected chi connectivity index (χ1v) is 6.38. The number of anilines is 1. The number of nitrogens with zero attached hydrogens (tertiary/aromatic N) is 3. The topological polar surface area (TPSA) is 29.0 Å². The van der Waals surface area contributed by atoms with Gasteiger partial charge in [-0.2, -0.15) is 0 Å². The van der Waals surface area contributed by atoms with E-state index in [1.165, 1.54) is 23.0 Å². The van der Waals surface area contributed by atoms with Crippen molar-refractivity contribution in [1.29, 1.82) is 0 Å². The van der Waals surface area contributed by atoms with Crippen LogP contribution < -0.4 is 4.90 Å². The van der Waals surface area contributed by atoms with Gasteiger partial charge in [-0.25, -0.2) is 18.7 Å². The summed E-state index contributed by atoms with van der Waals surface area (Å²) in [5, 5.41) is 0.749. The lowest BCUT2D eigenvalue weighted by molar-refractivity contribution is 0.155. The molecule has 1 heterocycles. The van der Waals surface area contributed by atoms with Gasteiger partial charge in [-0.3, -0.25) is 0 Å². The molecule has 90 valence electrons. The molecular formula is C9H12ClF2N3S. The summed E-state index contributed by atoms with van der Waals surface area (Å²) >= 11 is 7.01. The van der Waals surface area contributed by atoms with Crippen LogP contribution in [0.5, 0.6) is 0 Å². The lowest BCUT2D eigenvalue weighted by atomic mass is 10.4. The Morgan fingerprint density at radius 3 is 2.81 bits per heavy atom. The van der Waals surface area contributed by atoms with E-state index in [1.54, 1.807) is 6.07 Å². The molecule has 0 spiro atoms. The van der Waals surface area contributed by atoms with Crippen LogP contribution >= 0.6 is 23.4 Å². The van der Waals surface area contributed by atoms with Crippen molar-refractivity contribution in [2.45, 2.75) is 11.5 Å². The van der Waals surface area contributed by atoms with E-state index in [9.17, 15) is 8.78 Å². The van der Waals surface area contributed by atoms with Gasteiger partial charge in [0.1, 0.15) is 17.2 Å². The van der Waals surface area contributed by atoms with Crippen LogP contribution in [-0.4, -0.2) is 41.6 Å². The van der Waals surface area contributed by atoms with Crippen LogP contribution in [0.15, 0.2) is 17.4 Å². The Balaban J connectivity index is 2.82. The summed E-state index contributed by atoms with van der Waals surface area (Å²) in [6.45, 7) is -0.0196. The van der Waals surface area contributed by atoms with Gasteiger partial charge in [0.15, 0.2) is 0 Å². The second-order valence-corrected chi connectivity index (χ2v) is 4.15. The van der Waals surface area contributed by atoms with E-state index in [0.29, 0.717) is 12.4 Å². The lowest BCUT2D eigenvalue weighted by Gasteiger charge is -2.22. The molecule has 1 rings (SSSR count). The molecule has 7 heteroatoms. The van der Waals surface area contributed by atoms with E-state index in [0.717, 1.165) is 5.03 Å². The van der Waals surface area contributed by atoms with E-state index >= 15 is 0 Å². The minimum Gasteiger partial charge on any atom is -0.350 e. The zero-order valence-corrected chi connectivity index (χ0v) is 10.3. The SMILES string of the molecule is CSc1cc(N(CCCl)CC(F)F)ncn1. The van der Waals surface area contributed by atoms with E-state index in [2.05, 4.69) is 9.97 Å². The summed E-state index contributed by atoms with van der Waals surface area (Å²) < 4.78 is 24.7. The van der Waals surface area contributed by atoms with E-state index < -0.39 is 6.43 Å². The first kappa shape index (κ1) is 13.4. The average molecular weight is 268 g/mol. The lowest BCUT2D eigenvalue weighted by Crippen LogP contribution is -2.31. The van der Waals surface area contributed by atoms with Gasteiger partial charge in [0.05, 0.1) is 6.54 Å². The predicted octanol–water partition coefficient (Wildman–Crippen LogP) is 2.51. The zero-order chi connectivity index (χ0) is 12.0. The zero-order valence-electron chi connectivity index (χ0n) is 8.74. The monoisotopic (exact) mass is 267 g/mol. The van der Waals surface area contributed by atoms with Crippen molar-refractivity contribution in [1.82, 2.24) is 9.97 Å². The molecule has 0 aliphatic carbocycles. The van der Waals surface area contributed by atoms with Crippen LogP contribution in [0.4, 0.5) is 14.6 Å². The summed E-state index contributed by atoms with van der Waals surface area (Å²) in [5.41, 5.74) is 0. The number of halogens is 3. The summed E-state index contributed by atoms with van der Waals surface area (Å²) in [7, 11) is 0. The molecule has 0 saturated carbocycles. The summed E-state index contributed by atoms with van der Waals surface area (Å²) in [5.74, 6) is 0.769. The molecule has 0 aliphatic rings. The normalized spacial score (nSPS) is 10.8. The van der Waals surface area contributed by atoms with Crippen molar-refractivity contribution in [2.75, 3.05) is 30.1 Å². The molecule has 0 aromatic carbocycles. The maximum atomic E-state index is 12.3. The molecule has 16 heavy (non-hydrogen) atoms. The van der Waals surface area contributed by atoms with Gasteiger partial charge in [0.2, 0.25) is 0 Å². The summed E-state index contributed by atoms with van der Waals surface area (Å²) in [6.07, 6.45) is 0.829. The molecule has 0 aliphatic heterocycles. The largest absolute Gasteiger partial charge is 0.350 e. The van der Waals surface area contributed by atoms with Crippen LogP contribution in [0, 0.1) is 0 Å². The predicted molar refractivity (Wildman–Crippen MR) is 62.8 cm³/mol. The molecule has 1 aromatic heterocycles. The first-order chi connectivity index (χ1) is 7.67. The third-order valence-electron chi connectivity index (χ3n) is 1.87. The van der Waals surface area contributed by atoms with Crippen molar-refractivity contribution in [2.24, 2.45) is 0 Å². The Hall–Kier alpha value is -0.620. The van der Waals surface area contributed by atoms with Gasteiger partial charge in [-0.05, 0) is 6.26 Å². The molecular weight excluding hydrogens is 256 g/mol. The molecule has 0 bridgehead atoms. The Bertz CT molecular complexity index is 327. The Morgan fingerprint density at radius 2 is 2.25 bits per heavy atom. The van der Waals surface area contributed by atoms with Gasteiger partial charge in [0.25, 0.3) is 6.43 Å². The van der Waals surface area contributed by atoms with E-state index in [4.69, 9.17) is 11.6 Å². The summed E-state index contributed by atoms with van der Waals surface area (Å²) in [6, 6.07) is 1.68. The highest BCUT2D eigenvalue weighted by Crippen LogP contribution is 2.18. The number of thioether (sulfide) groups is 1. The molecule has 1 aromatic rings. The number of hydrogen-bond donors (Lipinski definition) is 0. The highest BCUT2D eigenvalue weighted by molar-refractivity contribution is 7.98. The highest BCUT2D eigenvalue weighted by atomic mass is 35.5. The van der Waals surface area contributed by atoms with E-state index in [1.807, 2.05) is 6.26 Å². The number of alkyl halides is 3. The fourth-order valence-electron chi connectivity index (χ4n) is 1.18. The standard InChI is InChI=1S/C9H12ClF2N3S/c1-16-9-4-8(13-6-14-9)15(3-2-10)5-7(11)12/h4,6-7H,2-3,5H2,1H3. The second-order valence-electron chi connectivity index (χ2n) is 2.94. The highest BCUT2D eigenvalue weighted by Gasteiger charge is 2.13. The second kappa shape index (κ2) is 6.85. The molecule has 0 amide bonds. The van der Waals surface area contributed by atoms with Crippen LogP contribution in [0.25, 0.3) is 0 Å². The minimum atomic E-state index is -2.41. The fourth-order valence-corrected chi connectivity index (χ4v) is 1.76.